The monoisotopic (exact) mass is 634 g/mol. The van der Waals surface area contributed by atoms with E-state index in [-0.39, 0.29) is 39.6 Å². The number of aryl methyl sites for hydroxylation is 1. The van der Waals surface area contributed by atoms with Crippen molar-refractivity contribution >= 4 is 28.2 Å². The van der Waals surface area contributed by atoms with Crippen molar-refractivity contribution in [2.75, 3.05) is 18.4 Å². The number of amides is 1. The minimum absolute atomic E-state index is 0.120. The van der Waals surface area contributed by atoms with Gasteiger partial charge in [0.05, 0.1) is 47.1 Å². The summed E-state index contributed by atoms with van der Waals surface area (Å²) in [6.45, 7) is 6.09. The highest BCUT2D eigenvalue weighted by atomic mass is 19.1. The average Bonchev–Trinajstić information content (AvgIpc) is 3.02. The van der Waals surface area contributed by atoms with Crippen LogP contribution in [0.1, 0.15) is 42.3 Å². The average molecular weight is 635 g/mol. The Morgan fingerprint density at radius 2 is 1.87 bits per heavy atom. The second-order valence-corrected chi connectivity index (χ2v) is 12.5. The number of nitrogens with zero attached hydrogens (tertiary/aromatic N) is 7. The maximum atomic E-state index is 15.3. The van der Waals surface area contributed by atoms with Gasteiger partial charge in [-0.2, -0.15) is 20.1 Å². The Hall–Kier alpha value is -5.74. The van der Waals surface area contributed by atoms with Gasteiger partial charge in [0.1, 0.15) is 17.3 Å². The van der Waals surface area contributed by atoms with Crippen molar-refractivity contribution in [1.82, 2.24) is 29.4 Å². The molecular formula is C34H31FN8O4. The molecule has 1 amide bonds. The minimum atomic E-state index is -0.685. The third-order valence-electron chi connectivity index (χ3n) is 8.21. The standard InChI is InChI=1S/C34H31FN8O4/c1-34(2,3)22-10-21-15-38-43(33(47)30(21)25(35)11-22)28-7-5-6-23(24(28)18-44)26-12-27(32(46)41(4)40-26)39-29-9-8-20(14-37-29)31(45)42-16-19(13-36)17-42/h5-12,14-15,19,44H,16-18H2,1-4H3,(H,37,39). The number of carbonyl (C=O) groups is 1. The maximum absolute atomic E-state index is 15.3. The van der Waals surface area contributed by atoms with Crippen LogP contribution in [-0.4, -0.2) is 53.5 Å². The molecule has 1 aliphatic heterocycles. The van der Waals surface area contributed by atoms with Crippen LogP contribution in [-0.2, 0) is 19.1 Å². The smallest absolute Gasteiger partial charge is 0.290 e. The molecule has 5 aromatic rings. The van der Waals surface area contributed by atoms with Crippen LogP contribution in [0, 0.1) is 23.1 Å². The molecule has 4 heterocycles. The lowest BCUT2D eigenvalue weighted by atomic mass is 9.86. The zero-order chi connectivity index (χ0) is 33.6. The number of pyridine rings is 1. The fourth-order valence-electron chi connectivity index (χ4n) is 5.49. The van der Waals surface area contributed by atoms with Crippen LogP contribution in [0.4, 0.5) is 15.9 Å². The first-order chi connectivity index (χ1) is 22.4. The van der Waals surface area contributed by atoms with Crippen molar-refractivity contribution in [3.63, 3.8) is 0 Å². The third-order valence-corrected chi connectivity index (χ3v) is 8.21. The molecule has 1 saturated heterocycles. The number of nitrogens with one attached hydrogen (secondary N) is 1. The molecule has 1 fully saturated rings. The number of anilines is 2. The summed E-state index contributed by atoms with van der Waals surface area (Å²) in [5.74, 6) is -0.753. The van der Waals surface area contributed by atoms with E-state index in [1.54, 1.807) is 41.3 Å². The molecule has 6 rings (SSSR count). The van der Waals surface area contributed by atoms with Gasteiger partial charge in [-0.05, 0) is 47.4 Å². The first kappa shape index (κ1) is 31.3. The first-order valence-corrected chi connectivity index (χ1v) is 14.9. The zero-order valence-corrected chi connectivity index (χ0v) is 26.2. The number of carbonyl (C=O) groups excluding carboxylic acids is 1. The lowest BCUT2D eigenvalue weighted by Gasteiger charge is -2.35. The molecule has 238 valence electrons. The van der Waals surface area contributed by atoms with Crippen LogP contribution in [0.3, 0.4) is 0 Å². The summed E-state index contributed by atoms with van der Waals surface area (Å²) < 4.78 is 17.5. The van der Waals surface area contributed by atoms with Gasteiger partial charge in [-0.25, -0.2) is 14.1 Å². The van der Waals surface area contributed by atoms with Gasteiger partial charge in [0.25, 0.3) is 17.0 Å². The number of nitriles is 1. The molecule has 0 aliphatic carbocycles. The zero-order valence-electron chi connectivity index (χ0n) is 26.2. The number of aromatic nitrogens is 5. The predicted molar refractivity (Wildman–Crippen MR) is 173 cm³/mol. The highest BCUT2D eigenvalue weighted by Gasteiger charge is 2.31. The van der Waals surface area contributed by atoms with Gasteiger partial charge in [0.2, 0.25) is 0 Å². The van der Waals surface area contributed by atoms with Crippen molar-refractivity contribution in [3.05, 3.63) is 104 Å². The van der Waals surface area contributed by atoms with E-state index in [2.05, 4.69) is 26.6 Å². The Kier molecular flexibility index (Phi) is 7.90. The Balaban J connectivity index is 1.35. The summed E-state index contributed by atoms with van der Waals surface area (Å²) in [6, 6.07) is 14.8. The van der Waals surface area contributed by atoms with E-state index in [1.807, 2.05) is 20.8 Å². The number of likely N-dealkylation sites (tertiary alicyclic amines) is 1. The van der Waals surface area contributed by atoms with Crippen LogP contribution in [0.2, 0.25) is 0 Å². The van der Waals surface area contributed by atoms with Crippen LogP contribution >= 0.6 is 0 Å². The molecule has 0 radical (unpaired) electrons. The van der Waals surface area contributed by atoms with Crippen LogP contribution < -0.4 is 16.4 Å². The topological polar surface area (TPSA) is 159 Å². The number of hydrogen-bond donors (Lipinski definition) is 2. The van der Waals surface area contributed by atoms with Crippen molar-refractivity contribution in [1.29, 1.82) is 5.26 Å². The van der Waals surface area contributed by atoms with E-state index in [0.717, 1.165) is 14.9 Å². The molecule has 0 saturated carbocycles. The Bertz CT molecular complexity index is 2210. The maximum Gasteiger partial charge on any atom is 0.290 e. The van der Waals surface area contributed by atoms with E-state index in [0.29, 0.717) is 41.1 Å². The summed E-state index contributed by atoms with van der Waals surface area (Å²) in [5.41, 5.74) is 0.949. The van der Waals surface area contributed by atoms with Crippen molar-refractivity contribution < 1.29 is 14.3 Å². The molecule has 0 bridgehead atoms. The Morgan fingerprint density at radius 3 is 2.53 bits per heavy atom. The minimum Gasteiger partial charge on any atom is -0.392 e. The van der Waals surface area contributed by atoms with Crippen molar-refractivity contribution in [3.8, 4) is 23.0 Å². The SMILES string of the molecule is Cn1nc(-c2cccc(-n3ncc4cc(C(C)(C)C)cc(F)c4c3=O)c2CO)cc(Nc2ccc(C(=O)N3CC(C#N)C3)cn2)c1=O. The Labute approximate surface area is 268 Å². The lowest BCUT2D eigenvalue weighted by molar-refractivity contribution is 0.0577. The van der Waals surface area contributed by atoms with Gasteiger partial charge in [-0.1, -0.05) is 32.9 Å². The molecule has 2 aromatic carbocycles. The van der Waals surface area contributed by atoms with Crippen molar-refractivity contribution in [2.45, 2.75) is 32.8 Å². The summed E-state index contributed by atoms with van der Waals surface area (Å²) in [4.78, 5) is 45.1. The number of halogens is 1. The quantitative estimate of drug-likeness (QED) is 0.283. The summed E-state index contributed by atoms with van der Waals surface area (Å²) in [7, 11) is 1.47. The van der Waals surface area contributed by atoms with Gasteiger partial charge in [0, 0.05) is 42.8 Å². The van der Waals surface area contributed by atoms with E-state index in [9.17, 15) is 19.5 Å². The summed E-state index contributed by atoms with van der Waals surface area (Å²) in [6.07, 6.45) is 2.82. The molecule has 13 heteroatoms. The van der Waals surface area contributed by atoms with Crippen molar-refractivity contribution in [2.24, 2.45) is 13.0 Å². The van der Waals surface area contributed by atoms with Gasteiger partial charge in [0.15, 0.2) is 0 Å². The fraction of sp³-hybridized carbons (Fsp3) is 0.265. The third kappa shape index (κ3) is 5.75. The number of hydrogen-bond acceptors (Lipinski definition) is 9. The lowest BCUT2D eigenvalue weighted by Crippen LogP contribution is -2.49. The highest BCUT2D eigenvalue weighted by molar-refractivity contribution is 5.94. The van der Waals surface area contributed by atoms with Gasteiger partial charge in [-0.15, -0.1) is 0 Å². The number of rotatable bonds is 6. The second kappa shape index (κ2) is 11.9. The van der Waals surface area contributed by atoms with Gasteiger partial charge in [-0.3, -0.25) is 14.4 Å². The highest BCUT2D eigenvalue weighted by Crippen LogP contribution is 2.30. The number of aliphatic hydroxyl groups is 1. The molecule has 0 spiro atoms. The predicted octanol–water partition coefficient (Wildman–Crippen LogP) is 3.81. The van der Waals surface area contributed by atoms with Crippen LogP contribution in [0.25, 0.3) is 27.7 Å². The molecular weight excluding hydrogens is 603 g/mol. The van der Waals surface area contributed by atoms with Gasteiger partial charge >= 0.3 is 0 Å². The number of fused-ring (bicyclic) bond motifs is 1. The molecule has 0 atom stereocenters. The van der Waals surface area contributed by atoms with E-state index < -0.39 is 23.5 Å². The molecule has 12 nitrogen and oxygen atoms in total. The molecule has 1 aliphatic rings. The van der Waals surface area contributed by atoms with E-state index >= 15 is 4.39 Å². The number of aliphatic hydroxyl groups excluding tert-OH is 1. The second-order valence-electron chi connectivity index (χ2n) is 12.5. The van der Waals surface area contributed by atoms with Gasteiger partial charge < -0.3 is 15.3 Å². The molecule has 0 unspecified atom stereocenters. The fourth-order valence-corrected chi connectivity index (χ4v) is 5.49. The summed E-state index contributed by atoms with van der Waals surface area (Å²) in [5, 5.41) is 31.4. The normalized spacial score (nSPS) is 13.3. The Morgan fingerprint density at radius 1 is 1.11 bits per heavy atom. The largest absolute Gasteiger partial charge is 0.392 e. The number of benzene rings is 2. The van der Waals surface area contributed by atoms with E-state index in [4.69, 9.17) is 5.26 Å². The summed E-state index contributed by atoms with van der Waals surface area (Å²) >= 11 is 0. The molecule has 47 heavy (non-hydrogen) atoms. The van der Waals surface area contributed by atoms with E-state index in [1.165, 1.54) is 31.6 Å². The molecule has 2 N–H and O–H groups in total. The van der Waals surface area contributed by atoms with Crippen LogP contribution in [0.5, 0.6) is 0 Å². The van der Waals surface area contributed by atoms with Crippen LogP contribution in [0.15, 0.2) is 70.5 Å². The molecule has 3 aromatic heterocycles. The first-order valence-electron chi connectivity index (χ1n) is 14.9.